The molecule has 1 amide bonds. The Kier molecular flexibility index (Phi) is 5.65. The van der Waals surface area contributed by atoms with Crippen LogP contribution >= 0.6 is 11.3 Å². The second kappa shape index (κ2) is 7.92. The second-order valence-electron chi connectivity index (χ2n) is 6.18. The molecule has 0 aromatic carbocycles. The number of nitrogens with one attached hydrogen (secondary N) is 1. The van der Waals surface area contributed by atoms with Crippen LogP contribution in [0, 0.1) is 5.92 Å². The predicted octanol–water partition coefficient (Wildman–Crippen LogP) is 2.49. The van der Waals surface area contributed by atoms with Crippen LogP contribution in [0.3, 0.4) is 0 Å². The van der Waals surface area contributed by atoms with Crippen LogP contribution in [0.5, 0.6) is 0 Å². The molecule has 1 saturated heterocycles. The van der Waals surface area contributed by atoms with Crippen molar-refractivity contribution in [2.45, 2.75) is 19.9 Å². The van der Waals surface area contributed by atoms with E-state index in [0.29, 0.717) is 30.0 Å². The van der Waals surface area contributed by atoms with E-state index >= 15 is 0 Å². The Morgan fingerprint density at radius 3 is 2.88 bits per heavy atom. The van der Waals surface area contributed by atoms with Gasteiger partial charge in [0.25, 0.3) is 5.91 Å². The van der Waals surface area contributed by atoms with E-state index in [9.17, 15) is 4.79 Å². The minimum Gasteiger partial charge on any atom is -0.462 e. The van der Waals surface area contributed by atoms with Gasteiger partial charge in [-0.15, -0.1) is 11.3 Å². The first kappa shape index (κ1) is 17.1. The molecule has 0 unspecified atom stereocenters. The molecule has 7 heteroatoms. The Balaban J connectivity index is 1.59. The van der Waals surface area contributed by atoms with Crippen LogP contribution in [0.25, 0.3) is 10.8 Å². The monoisotopic (exact) mass is 349 g/mol. The molecular weight excluding hydrogens is 326 g/mol. The molecule has 3 heterocycles. The summed E-state index contributed by atoms with van der Waals surface area (Å²) in [7, 11) is 0. The maximum absolute atomic E-state index is 12.4. The number of carbonyl (C=O) groups is 1. The molecule has 0 saturated carbocycles. The summed E-state index contributed by atoms with van der Waals surface area (Å²) >= 11 is 1.41. The summed E-state index contributed by atoms with van der Waals surface area (Å²) in [5.74, 6) is 1.01. The van der Waals surface area contributed by atoms with Gasteiger partial charge in [-0.2, -0.15) is 0 Å². The van der Waals surface area contributed by atoms with Gasteiger partial charge < -0.3 is 14.5 Å². The molecular formula is C17H23N3O3S. The lowest BCUT2D eigenvalue weighted by Crippen LogP contribution is -2.51. The van der Waals surface area contributed by atoms with Crippen LogP contribution in [0.4, 0.5) is 0 Å². The molecule has 1 atom stereocenters. The first-order valence-electron chi connectivity index (χ1n) is 8.24. The van der Waals surface area contributed by atoms with E-state index in [1.807, 2.05) is 12.1 Å². The van der Waals surface area contributed by atoms with Crippen molar-refractivity contribution in [3.63, 3.8) is 0 Å². The van der Waals surface area contributed by atoms with Crippen molar-refractivity contribution in [3.8, 4) is 10.8 Å². The van der Waals surface area contributed by atoms with Crippen molar-refractivity contribution in [1.82, 2.24) is 15.2 Å². The molecule has 0 spiro atoms. The SMILES string of the molecule is CC(C)[C@H](CNC(=O)c1csc(-c2ccco2)n1)N1CCOCC1. The quantitative estimate of drug-likeness (QED) is 0.868. The number of ether oxygens (including phenoxy) is 1. The Morgan fingerprint density at radius 1 is 1.42 bits per heavy atom. The molecule has 6 nitrogen and oxygen atoms in total. The van der Waals surface area contributed by atoms with Crippen molar-refractivity contribution < 1.29 is 13.9 Å². The van der Waals surface area contributed by atoms with Crippen LogP contribution in [-0.2, 0) is 4.74 Å². The average Bonchev–Trinajstić information content (AvgIpc) is 3.27. The maximum atomic E-state index is 12.4. The van der Waals surface area contributed by atoms with Crippen molar-refractivity contribution in [3.05, 3.63) is 29.5 Å². The summed E-state index contributed by atoms with van der Waals surface area (Å²) in [6, 6.07) is 3.96. The Morgan fingerprint density at radius 2 is 2.21 bits per heavy atom. The summed E-state index contributed by atoms with van der Waals surface area (Å²) in [6.45, 7) is 8.33. The number of hydrogen-bond donors (Lipinski definition) is 1. The van der Waals surface area contributed by atoms with E-state index in [4.69, 9.17) is 9.15 Å². The van der Waals surface area contributed by atoms with Crippen molar-refractivity contribution in [1.29, 1.82) is 0 Å². The minimum atomic E-state index is -0.136. The van der Waals surface area contributed by atoms with Gasteiger partial charge in [0.05, 0.1) is 19.5 Å². The van der Waals surface area contributed by atoms with Gasteiger partial charge in [0, 0.05) is 31.1 Å². The summed E-state index contributed by atoms with van der Waals surface area (Å²) in [5.41, 5.74) is 0.441. The molecule has 24 heavy (non-hydrogen) atoms. The second-order valence-corrected chi connectivity index (χ2v) is 7.04. The van der Waals surface area contributed by atoms with Gasteiger partial charge in [-0.3, -0.25) is 9.69 Å². The van der Waals surface area contributed by atoms with Crippen LogP contribution in [0.1, 0.15) is 24.3 Å². The third kappa shape index (κ3) is 4.03. The predicted molar refractivity (Wildman–Crippen MR) is 93.2 cm³/mol. The number of carbonyl (C=O) groups excluding carboxylic acids is 1. The van der Waals surface area contributed by atoms with E-state index < -0.39 is 0 Å². The van der Waals surface area contributed by atoms with Gasteiger partial charge in [0.2, 0.25) is 0 Å². The molecule has 1 aliphatic rings. The third-order valence-corrected chi connectivity index (χ3v) is 5.08. The number of thiazole rings is 1. The molecule has 0 radical (unpaired) electrons. The summed E-state index contributed by atoms with van der Waals surface area (Å²) in [6.07, 6.45) is 1.60. The lowest BCUT2D eigenvalue weighted by Gasteiger charge is -2.36. The largest absolute Gasteiger partial charge is 0.462 e. The number of morpholine rings is 1. The topological polar surface area (TPSA) is 67.6 Å². The molecule has 0 aliphatic carbocycles. The fourth-order valence-corrected chi connectivity index (χ4v) is 3.64. The normalized spacial score (nSPS) is 17.1. The highest BCUT2D eigenvalue weighted by molar-refractivity contribution is 7.13. The molecule has 2 aromatic rings. The zero-order valence-corrected chi connectivity index (χ0v) is 14.8. The number of rotatable bonds is 6. The summed E-state index contributed by atoms with van der Waals surface area (Å²) in [5, 5.41) is 5.52. The van der Waals surface area contributed by atoms with Crippen LogP contribution in [-0.4, -0.2) is 54.7 Å². The van der Waals surface area contributed by atoms with E-state index in [2.05, 4.69) is 29.0 Å². The van der Waals surface area contributed by atoms with Crippen molar-refractivity contribution >= 4 is 17.2 Å². The van der Waals surface area contributed by atoms with Crippen molar-refractivity contribution in [2.75, 3.05) is 32.8 Å². The Hall–Kier alpha value is -1.70. The zero-order chi connectivity index (χ0) is 16.9. The standard InChI is InChI=1S/C17H23N3O3S/c1-12(2)14(20-5-8-22-9-6-20)10-18-16(21)13-11-24-17(19-13)15-4-3-7-23-15/h3-4,7,11-12,14H,5-6,8-10H2,1-2H3,(H,18,21)/t14-/m0/s1. The average molecular weight is 349 g/mol. The fourth-order valence-electron chi connectivity index (χ4n) is 2.87. The Bertz CT molecular complexity index is 648. The zero-order valence-electron chi connectivity index (χ0n) is 14.0. The molecule has 130 valence electrons. The van der Waals surface area contributed by atoms with Crippen LogP contribution in [0.2, 0.25) is 0 Å². The van der Waals surface area contributed by atoms with Crippen LogP contribution < -0.4 is 5.32 Å². The number of hydrogen-bond acceptors (Lipinski definition) is 6. The fraction of sp³-hybridized carbons (Fsp3) is 0.529. The van der Waals surface area contributed by atoms with Crippen molar-refractivity contribution in [2.24, 2.45) is 5.92 Å². The first-order chi connectivity index (χ1) is 11.6. The van der Waals surface area contributed by atoms with E-state index in [0.717, 1.165) is 31.3 Å². The lowest BCUT2D eigenvalue weighted by molar-refractivity contribution is 0.00671. The van der Waals surface area contributed by atoms with Gasteiger partial charge in [0.1, 0.15) is 5.69 Å². The summed E-state index contributed by atoms with van der Waals surface area (Å²) < 4.78 is 10.7. The number of furan rings is 1. The highest BCUT2D eigenvalue weighted by Crippen LogP contribution is 2.23. The van der Waals surface area contributed by atoms with E-state index in [-0.39, 0.29) is 5.91 Å². The van der Waals surface area contributed by atoms with Crippen LogP contribution in [0.15, 0.2) is 28.2 Å². The van der Waals surface area contributed by atoms with E-state index in [1.165, 1.54) is 11.3 Å². The van der Waals surface area contributed by atoms with Gasteiger partial charge in [0.15, 0.2) is 10.8 Å². The maximum Gasteiger partial charge on any atom is 0.270 e. The molecule has 2 aromatic heterocycles. The number of nitrogens with zero attached hydrogens (tertiary/aromatic N) is 2. The van der Waals surface area contributed by atoms with Gasteiger partial charge in [-0.05, 0) is 18.1 Å². The van der Waals surface area contributed by atoms with Gasteiger partial charge >= 0.3 is 0 Å². The van der Waals surface area contributed by atoms with Gasteiger partial charge in [-0.25, -0.2) is 4.98 Å². The number of aromatic nitrogens is 1. The first-order valence-corrected chi connectivity index (χ1v) is 9.12. The molecule has 1 aliphatic heterocycles. The van der Waals surface area contributed by atoms with E-state index in [1.54, 1.807) is 11.6 Å². The molecule has 1 N–H and O–H groups in total. The Labute approximate surface area is 145 Å². The van der Waals surface area contributed by atoms with Gasteiger partial charge in [-0.1, -0.05) is 13.8 Å². The molecule has 0 bridgehead atoms. The summed E-state index contributed by atoms with van der Waals surface area (Å²) in [4.78, 5) is 19.2. The minimum absolute atomic E-state index is 0.136. The lowest BCUT2D eigenvalue weighted by atomic mass is 10.0. The third-order valence-electron chi connectivity index (χ3n) is 4.22. The molecule has 3 rings (SSSR count). The molecule has 1 fully saturated rings. The number of amides is 1. The highest BCUT2D eigenvalue weighted by Gasteiger charge is 2.24. The smallest absolute Gasteiger partial charge is 0.270 e. The highest BCUT2D eigenvalue weighted by atomic mass is 32.1.